The molecule has 0 saturated heterocycles. The van der Waals surface area contributed by atoms with Crippen LogP contribution in [-0.2, 0) is 0 Å². The van der Waals surface area contributed by atoms with E-state index in [4.69, 9.17) is 0 Å². The first-order valence-corrected chi connectivity index (χ1v) is 8.25. The van der Waals surface area contributed by atoms with Crippen LogP contribution in [-0.4, -0.2) is 0 Å². The molecule has 0 aromatic heterocycles. The van der Waals surface area contributed by atoms with Crippen molar-refractivity contribution in [2.45, 2.75) is 41.0 Å². The maximum Gasteiger partial charge on any atom is -0.0175 e. The van der Waals surface area contributed by atoms with Gasteiger partial charge in [0.25, 0.3) is 0 Å². The summed E-state index contributed by atoms with van der Waals surface area (Å²) in [6.07, 6.45) is 7.62. The van der Waals surface area contributed by atoms with Gasteiger partial charge in [-0.25, -0.2) is 0 Å². The fraction of sp³-hybridized carbons (Fsp3) is 0.273. The fourth-order valence-corrected chi connectivity index (χ4v) is 2.43. The summed E-state index contributed by atoms with van der Waals surface area (Å²) in [5.74, 6) is 0. The lowest BCUT2D eigenvalue weighted by molar-refractivity contribution is 1.23. The molecule has 0 nitrogen and oxygen atoms in total. The topological polar surface area (TPSA) is 0 Å². The van der Waals surface area contributed by atoms with E-state index >= 15 is 0 Å². The van der Waals surface area contributed by atoms with Crippen LogP contribution in [0.4, 0.5) is 0 Å². The third-order valence-electron chi connectivity index (χ3n) is 3.29. The fourth-order valence-electron chi connectivity index (χ4n) is 2.43. The van der Waals surface area contributed by atoms with Gasteiger partial charge in [-0.1, -0.05) is 81.5 Å². The Morgan fingerprint density at radius 2 is 1.64 bits per heavy atom. The largest absolute Gasteiger partial charge is 0.0871 e. The van der Waals surface area contributed by atoms with E-state index in [1.807, 2.05) is 13.8 Å². The SMILES string of the molecule is C/C=C\C(=C/CC)c1cc(C)cc(-c2ccccc2)c1.CC. The molecule has 0 atom stereocenters. The minimum absolute atomic E-state index is 1.05. The Morgan fingerprint density at radius 1 is 0.955 bits per heavy atom. The molecule has 0 fully saturated rings. The maximum atomic E-state index is 2.28. The molecule has 0 bridgehead atoms. The van der Waals surface area contributed by atoms with Crippen LogP contribution in [0.25, 0.3) is 16.7 Å². The molecule has 0 heterocycles. The van der Waals surface area contributed by atoms with E-state index in [9.17, 15) is 0 Å². The average Bonchev–Trinajstić information content (AvgIpc) is 2.57. The van der Waals surface area contributed by atoms with E-state index in [1.165, 1.54) is 27.8 Å². The predicted molar refractivity (Wildman–Crippen MR) is 101 cm³/mol. The average molecular weight is 292 g/mol. The smallest absolute Gasteiger partial charge is 0.0175 e. The van der Waals surface area contributed by atoms with Gasteiger partial charge in [-0.15, -0.1) is 0 Å². The van der Waals surface area contributed by atoms with Crippen LogP contribution < -0.4 is 0 Å². The summed E-state index contributed by atoms with van der Waals surface area (Å²) in [5, 5.41) is 0. The third kappa shape index (κ3) is 5.04. The van der Waals surface area contributed by atoms with Crippen LogP contribution in [0, 0.1) is 6.92 Å². The normalized spacial score (nSPS) is 11.2. The second-order valence-corrected chi connectivity index (χ2v) is 5.02. The lowest BCUT2D eigenvalue weighted by Gasteiger charge is -2.09. The molecule has 0 heteroatoms. The minimum Gasteiger partial charge on any atom is -0.0871 e. The number of allylic oxidation sites excluding steroid dienone is 4. The molecular weight excluding hydrogens is 264 g/mol. The van der Waals surface area contributed by atoms with Gasteiger partial charge < -0.3 is 0 Å². The van der Waals surface area contributed by atoms with Gasteiger partial charge in [-0.2, -0.15) is 0 Å². The number of hydrogen-bond donors (Lipinski definition) is 0. The van der Waals surface area contributed by atoms with E-state index in [-0.39, 0.29) is 0 Å². The van der Waals surface area contributed by atoms with Gasteiger partial charge in [-0.3, -0.25) is 0 Å². The highest BCUT2D eigenvalue weighted by Gasteiger charge is 2.03. The molecule has 2 rings (SSSR count). The number of hydrogen-bond acceptors (Lipinski definition) is 0. The Balaban J connectivity index is 0.00000116. The van der Waals surface area contributed by atoms with Crippen molar-refractivity contribution in [3.05, 3.63) is 77.9 Å². The Hall–Kier alpha value is -2.08. The zero-order valence-corrected chi connectivity index (χ0v) is 14.6. The minimum atomic E-state index is 1.05. The van der Waals surface area contributed by atoms with Crippen molar-refractivity contribution < 1.29 is 0 Å². The molecule has 22 heavy (non-hydrogen) atoms. The van der Waals surface area contributed by atoms with E-state index in [2.05, 4.69) is 87.5 Å². The Bertz CT molecular complexity index is 616. The van der Waals surface area contributed by atoms with Crippen molar-refractivity contribution in [2.24, 2.45) is 0 Å². The molecule has 116 valence electrons. The zero-order chi connectivity index (χ0) is 16.4. The molecule has 0 amide bonds. The summed E-state index contributed by atoms with van der Waals surface area (Å²) in [4.78, 5) is 0. The Kier molecular flexibility index (Phi) is 7.99. The highest BCUT2D eigenvalue weighted by atomic mass is 14.1. The third-order valence-corrected chi connectivity index (χ3v) is 3.29. The van der Waals surface area contributed by atoms with Crippen molar-refractivity contribution in [2.75, 3.05) is 0 Å². The van der Waals surface area contributed by atoms with E-state index in [1.54, 1.807) is 0 Å². The van der Waals surface area contributed by atoms with Gasteiger partial charge >= 0.3 is 0 Å². The second kappa shape index (κ2) is 9.78. The van der Waals surface area contributed by atoms with E-state index in [0.29, 0.717) is 0 Å². The molecule has 0 aliphatic heterocycles. The summed E-state index contributed by atoms with van der Waals surface area (Å²) in [5.41, 5.74) is 6.45. The number of benzene rings is 2. The van der Waals surface area contributed by atoms with Crippen LogP contribution in [0.2, 0.25) is 0 Å². The summed E-state index contributed by atoms with van der Waals surface area (Å²) >= 11 is 0. The van der Waals surface area contributed by atoms with Gasteiger partial charge in [0.05, 0.1) is 0 Å². The molecule has 2 aromatic rings. The highest BCUT2D eigenvalue weighted by molar-refractivity contribution is 5.78. The van der Waals surface area contributed by atoms with Crippen LogP contribution in [0.5, 0.6) is 0 Å². The van der Waals surface area contributed by atoms with Gasteiger partial charge in [-0.05, 0) is 54.2 Å². The molecule has 0 spiro atoms. The predicted octanol–water partition coefficient (Wildman–Crippen LogP) is 7.06. The van der Waals surface area contributed by atoms with Crippen molar-refractivity contribution in [3.63, 3.8) is 0 Å². The monoisotopic (exact) mass is 292 g/mol. The molecular formula is C22H28. The molecule has 0 aliphatic rings. The van der Waals surface area contributed by atoms with Gasteiger partial charge in [0, 0.05) is 0 Å². The first-order valence-electron chi connectivity index (χ1n) is 8.25. The first kappa shape index (κ1) is 18.0. The van der Waals surface area contributed by atoms with Crippen molar-refractivity contribution in [3.8, 4) is 11.1 Å². The summed E-state index contributed by atoms with van der Waals surface area (Å²) in [6, 6.07) is 17.4. The van der Waals surface area contributed by atoms with E-state index < -0.39 is 0 Å². The lowest BCUT2D eigenvalue weighted by Crippen LogP contribution is -1.87. The first-order chi connectivity index (χ1) is 10.7. The number of aryl methyl sites for hydroxylation is 1. The van der Waals surface area contributed by atoms with Crippen molar-refractivity contribution in [1.82, 2.24) is 0 Å². The summed E-state index contributed by atoms with van der Waals surface area (Å²) < 4.78 is 0. The van der Waals surface area contributed by atoms with Gasteiger partial charge in [0.1, 0.15) is 0 Å². The quantitative estimate of drug-likeness (QED) is 0.529. The Morgan fingerprint density at radius 3 is 2.23 bits per heavy atom. The van der Waals surface area contributed by atoms with Crippen LogP contribution in [0.3, 0.4) is 0 Å². The second-order valence-electron chi connectivity index (χ2n) is 5.02. The molecule has 0 unspecified atom stereocenters. The molecule has 0 radical (unpaired) electrons. The Labute approximate surface area is 136 Å². The van der Waals surface area contributed by atoms with E-state index in [0.717, 1.165) is 6.42 Å². The van der Waals surface area contributed by atoms with Crippen molar-refractivity contribution in [1.29, 1.82) is 0 Å². The van der Waals surface area contributed by atoms with Crippen LogP contribution >= 0.6 is 0 Å². The molecule has 0 N–H and O–H groups in total. The molecule has 0 saturated carbocycles. The van der Waals surface area contributed by atoms with Gasteiger partial charge in [0.15, 0.2) is 0 Å². The molecule has 0 aliphatic carbocycles. The maximum absolute atomic E-state index is 2.28. The number of rotatable bonds is 4. The zero-order valence-electron chi connectivity index (χ0n) is 14.6. The van der Waals surface area contributed by atoms with Crippen LogP contribution in [0.1, 0.15) is 45.2 Å². The summed E-state index contributed by atoms with van der Waals surface area (Å²) in [6.45, 7) is 10.4. The molecule has 2 aromatic carbocycles. The van der Waals surface area contributed by atoms with Crippen LogP contribution in [0.15, 0.2) is 66.8 Å². The highest BCUT2D eigenvalue weighted by Crippen LogP contribution is 2.26. The lowest BCUT2D eigenvalue weighted by atomic mass is 9.96. The van der Waals surface area contributed by atoms with Crippen molar-refractivity contribution >= 4 is 5.57 Å². The van der Waals surface area contributed by atoms with Gasteiger partial charge in [0.2, 0.25) is 0 Å². The summed E-state index contributed by atoms with van der Waals surface area (Å²) in [7, 11) is 0. The standard InChI is InChI=1S/C20H22.C2H6/c1-4-9-17(10-5-2)19-13-16(3)14-20(15-19)18-11-7-6-8-12-18;1-2/h4,6-15H,5H2,1-3H3;1-2H3/b9-4-,17-10+;.